The molecule has 6 nitrogen and oxygen atoms in total. The van der Waals surface area contributed by atoms with Crippen molar-refractivity contribution in [3.05, 3.63) is 23.9 Å². The zero-order chi connectivity index (χ0) is 16.6. The molecule has 1 aromatic carbocycles. The number of nitrogen functional groups attached to an aromatic ring is 1. The van der Waals surface area contributed by atoms with E-state index in [1.807, 2.05) is 32.9 Å². The Morgan fingerprint density at radius 3 is 2.70 bits per heavy atom. The number of rotatable bonds is 1. The van der Waals surface area contributed by atoms with Crippen LogP contribution in [0.25, 0.3) is 10.9 Å². The SMILES string of the molecule is CC(C)(C)OC(=O)n1nc(C2CCNCC2)c2ccc(N)cc21. The minimum Gasteiger partial charge on any atom is -0.442 e. The molecule has 1 saturated heterocycles. The number of nitrogens with zero attached hydrogens (tertiary/aromatic N) is 2. The summed E-state index contributed by atoms with van der Waals surface area (Å²) in [5.41, 5.74) is 7.63. The molecule has 2 heterocycles. The van der Waals surface area contributed by atoms with Crippen LogP contribution in [-0.2, 0) is 4.74 Å². The number of hydrogen-bond donors (Lipinski definition) is 2. The third-order valence-electron chi connectivity index (χ3n) is 4.03. The van der Waals surface area contributed by atoms with Crippen molar-refractivity contribution in [2.24, 2.45) is 0 Å². The number of hydrogen-bond acceptors (Lipinski definition) is 5. The molecule has 124 valence electrons. The number of carbonyl (C=O) groups excluding carboxylic acids is 1. The summed E-state index contributed by atoms with van der Waals surface area (Å²) in [4.78, 5) is 12.5. The lowest BCUT2D eigenvalue weighted by Crippen LogP contribution is -2.28. The Bertz CT molecular complexity index is 724. The molecule has 3 rings (SSSR count). The van der Waals surface area contributed by atoms with Gasteiger partial charge in [-0.15, -0.1) is 0 Å². The first-order valence-corrected chi connectivity index (χ1v) is 8.07. The maximum atomic E-state index is 12.5. The number of carbonyl (C=O) groups is 1. The van der Waals surface area contributed by atoms with Crippen LogP contribution in [0.5, 0.6) is 0 Å². The monoisotopic (exact) mass is 316 g/mol. The van der Waals surface area contributed by atoms with E-state index in [-0.39, 0.29) is 0 Å². The van der Waals surface area contributed by atoms with Gasteiger partial charge in [0.2, 0.25) is 0 Å². The number of ether oxygens (including phenoxy) is 1. The molecule has 0 unspecified atom stereocenters. The smallest absolute Gasteiger partial charge is 0.435 e. The molecule has 1 aliphatic heterocycles. The zero-order valence-corrected chi connectivity index (χ0v) is 13.9. The van der Waals surface area contributed by atoms with Crippen molar-refractivity contribution in [1.82, 2.24) is 15.1 Å². The summed E-state index contributed by atoms with van der Waals surface area (Å²) in [6, 6.07) is 5.60. The zero-order valence-electron chi connectivity index (χ0n) is 13.9. The Balaban J connectivity index is 2.06. The van der Waals surface area contributed by atoms with Crippen LogP contribution in [0, 0.1) is 0 Å². The molecule has 6 heteroatoms. The molecule has 0 radical (unpaired) electrons. The maximum Gasteiger partial charge on any atom is 0.435 e. The highest BCUT2D eigenvalue weighted by atomic mass is 16.6. The van der Waals surface area contributed by atoms with Gasteiger partial charge >= 0.3 is 6.09 Å². The maximum absolute atomic E-state index is 12.5. The molecular weight excluding hydrogens is 292 g/mol. The van der Waals surface area contributed by atoms with Crippen molar-refractivity contribution in [1.29, 1.82) is 0 Å². The molecule has 23 heavy (non-hydrogen) atoms. The Labute approximate surface area is 136 Å². The van der Waals surface area contributed by atoms with Crippen molar-refractivity contribution in [3.8, 4) is 0 Å². The number of fused-ring (bicyclic) bond motifs is 1. The van der Waals surface area contributed by atoms with Crippen molar-refractivity contribution < 1.29 is 9.53 Å². The van der Waals surface area contributed by atoms with Crippen molar-refractivity contribution >= 4 is 22.7 Å². The molecule has 0 amide bonds. The summed E-state index contributed by atoms with van der Waals surface area (Å²) in [6.07, 6.45) is 1.57. The van der Waals surface area contributed by atoms with E-state index in [0.29, 0.717) is 17.1 Å². The average molecular weight is 316 g/mol. The van der Waals surface area contributed by atoms with Crippen LogP contribution in [0.1, 0.15) is 45.2 Å². The van der Waals surface area contributed by atoms with E-state index in [2.05, 4.69) is 10.4 Å². The van der Waals surface area contributed by atoms with Crippen LogP contribution in [0.2, 0.25) is 0 Å². The lowest BCUT2D eigenvalue weighted by molar-refractivity contribution is 0.0521. The number of nitrogens with one attached hydrogen (secondary N) is 1. The first kappa shape index (κ1) is 15.8. The highest BCUT2D eigenvalue weighted by Gasteiger charge is 2.26. The van der Waals surface area contributed by atoms with Gasteiger partial charge in [-0.25, -0.2) is 4.79 Å². The molecule has 1 fully saturated rings. The minimum absolute atomic E-state index is 0.353. The van der Waals surface area contributed by atoms with Crippen molar-refractivity contribution in [2.75, 3.05) is 18.8 Å². The molecule has 0 aliphatic carbocycles. The molecule has 0 atom stereocenters. The van der Waals surface area contributed by atoms with Crippen LogP contribution in [0.4, 0.5) is 10.5 Å². The fourth-order valence-electron chi connectivity index (χ4n) is 3.00. The highest BCUT2D eigenvalue weighted by Crippen LogP contribution is 2.32. The number of aromatic nitrogens is 2. The van der Waals surface area contributed by atoms with Crippen LogP contribution >= 0.6 is 0 Å². The molecule has 1 aromatic heterocycles. The van der Waals surface area contributed by atoms with Crippen LogP contribution in [0.15, 0.2) is 18.2 Å². The van der Waals surface area contributed by atoms with E-state index in [1.54, 1.807) is 6.07 Å². The molecule has 1 aliphatic rings. The van der Waals surface area contributed by atoms with Crippen LogP contribution in [-0.4, -0.2) is 34.6 Å². The first-order valence-electron chi connectivity index (χ1n) is 8.07. The normalized spacial score (nSPS) is 16.7. The van der Waals surface area contributed by atoms with Gasteiger partial charge in [-0.05, 0) is 64.9 Å². The summed E-state index contributed by atoms with van der Waals surface area (Å²) in [6.45, 7) is 7.48. The van der Waals surface area contributed by atoms with E-state index in [0.717, 1.165) is 37.0 Å². The Hall–Kier alpha value is -2.08. The minimum atomic E-state index is -0.565. The van der Waals surface area contributed by atoms with E-state index in [9.17, 15) is 4.79 Å². The Morgan fingerprint density at radius 1 is 1.35 bits per heavy atom. The number of nitrogens with two attached hydrogens (primary N) is 1. The van der Waals surface area contributed by atoms with Gasteiger partial charge in [-0.3, -0.25) is 0 Å². The first-order chi connectivity index (χ1) is 10.8. The van der Waals surface area contributed by atoms with Gasteiger partial charge in [0.05, 0.1) is 11.2 Å². The standard InChI is InChI=1S/C17H24N4O2/c1-17(2,3)23-16(22)21-14-10-12(18)4-5-13(14)15(20-21)11-6-8-19-9-7-11/h4-5,10-11,19H,6-9,18H2,1-3H3. The molecular formula is C17H24N4O2. The predicted octanol–water partition coefficient (Wildman–Crippen LogP) is 2.87. The lowest BCUT2D eigenvalue weighted by atomic mass is 9.92. The third-order valence-corrected chi connectivity index (χ3v) is 4.03. The Morgan fingerprint density at radius 2 is 2.04 bits per heavy atom. The summed E-state index contributed by atoms with van der Waals surface area (Å²) in [5, 5.41) is 8.94. The van der Waals surface area contributed by atoms with Gasteiger partial charge in [-0.1, -0.05) is 0 Å². The van der Waals surface area contributed by atoms with Gasteiger partial charge in [-0.2, -0.15) is 9.78 Å². The van der Waals surface area contributed by atoms with Crippen LogP contribution < -0.4 is 11.1 Å². The average Bonchev–Trinajstić information content (AvgIpc) is 2.85. The summed E-state index contributed by atoms with van der Waals surface area (Å²) >= 11 is 0. The Kier molecular flexibility index (Phi) is 4.02. The van der Waals surface area contributed by atoms with Gasteiger partial charge in [0, 0.05) is 17.0 Å². The lowest BCUT2D eigenvalue weighted by Gasteiger charge is -2.21. The number of benzene rings is 1. The van der Waals surface area contributed by atoms with Crippen molar-refractivity contribution in [2.45, 2.75) is 45.1 Å². The second-order valence-electron chi connectivity index (χ2n) is 7.08. The van der Waals surface area contributed by atoms with E-state index < -0.39 is 11.7 Å². The molecule has 0 bridgehead atoms. The molecule has 3 N–H and O–H groups in total. The second-order valence-corrected chi connectivity index (χ2v) is 7.08. The van der Waals surface area contributed by atoms with Gasteiger partial charge < -0.3 is 15.8 Å². The molecule has 0 spiro atoms. The fourth-order valence-corrected chi connectivity index (χ4v) is 3.00. The summed E-state index contributed by atoms with van der Waals surface area (Å²) in [5.74, 6) is 0.353. The fraction of sp³-hybridized carbons (Fsp3) is 0.529. The predicted molar refractivity (Wildman–Crippen MR) is 90.6 cm³/mol. The molecule has 0 saturated carbocycles. The van der Waals surface area contributed by atoms with E-state index in [4.69, 9.17) is 10.5 Å². The third kappa shape index (κ3) is 3.32. The number of anilines is 1. The summed E-state index contributed by atoms with van der Waals surface area (Å²) < 4.78 is 6.84. The topological polar surface area (TPSA) is 82.2 Å². The van der Waals surface area contributed by atoms with Gasteiger partial charge in [0.25, 0.3) is 0 Å². The molecule has 2 aromatic rings. The quantitative estimate of drug-likeness (QED) is 0.791. The van der Waals surface area contributed by atoms with E-state index >= 15 is 0 Å². The summed E-state index contributed by atoms with van der Waals surface area (Å²) in [7, 11) is 0. The van der Waals surface area contributed by atoms with Crippen LogP contribution in [0.3, 0.4) is 0 Å². The highest BCUT2D eigenvalue weighted by molar-refractivity contribution is 5.92. The van der Waals surface area contributed by atoms with Gasteiger partial charge in [0.1, 0.15) is 5.60 Å². The largest absolute Gasteiger partial charge is 0.442 e. The van der Waals surface area contributed by atoms with E-state index in [1.165, 1.54) is 4.68 Å². The van der Waals surface area contributed by atoms with Crippen molar-refractivity contribution in [3.63, 3.8) is 0 Å². The second kappa shape index (κ2) is 5.85. The van der Waals surface area contributed by atoms with Gasteiger partial charge in [0.15, 0.2) is 0 Å². The number of piperidine rings is 1.